The highest BCUT2D eigenvalue weighted by atomic mass is 16.5. The first-order chi connectivity index (χ1) is 8.83. The summed E-state index contributed by atoms with van der Waals surface area (Å²) in [5.41, 5.74) is 2.78. The molecular weight excluding hydrogens is 228 g/mol. The molecular formula is C13H26N4O. The molecule has 0 unspecified atom stereocenters. The van der Waals surface area contributed by atoms with Crippen LogP contribution in [0.5, 0.6) is 0 Å². The second kappa shape index (κ2) is 6.95. The molecule has 104 valence electrons. The van der Waals surface area contributed by atoms with E-state index in [1.807, 2.05) is 0 Å². The first-order valence-electron chi connectivity index (χ1n) is 7.24. The van der Waals surface area contributed by atoms with Gasteiger partial charge in [0.05, 0.1) is 12.1 Å². The lowest BCUT2D eigenvalue weighted by molar-refractivity contribution is 0.0263. The molecule has 5 nitrogen and oxygen atoms in total. The van der Waals surface area contributed by atoms with Crippen LogP contribution < -0.4 is 11.3 Å². The summed E-state index contributed by atoms with van der Waals surface area (Å²) in [6.07, 6.45) is 7.58. The summed E-state index contributed by atoms with van der Waals surface area (Å²) < 4.78 is 5.66. The Labute approximate surface area is 110 Å². The van der Waals surface area contributed by atoms with E-state index in [1.165, 1.54) is 25.7 Å². The van der Waals surface area contributed by atoms with Crippen LogP contribution in [0.2, 0.25) is 0 Å². The SMILES string of the molecule is CCOC1CCN(C(=NC2CCCC2)NN)CC1. The largest absolute Gasteiger partial charge is 0.378 e. The second-order valence-electron chi connectivity index (χ2n) is 5.18. The molecule has 1 saturated heterocycles. The first kappa shape index (κ1) is 13.6. The van der Waals surface area contributed by atoms with Crippen LogP contribution in [0.15, 0.2) is 4.99 Å². The van der Waals surface area contributed by atoms with Crippen LogP contribution in [0.4, 0.5) is 0 Å². The molecule has 0 bridgehead atoms. The van der Waals surface area contributed by atoms with Crippen molar-refractivity contribution in [3.63, 3.8) is 0 Å². The average molecular weight is 254 g/mol. The Morgan fingerprint density at radius 3 is 2.50 bits per heavy atom. The molecule has 1 aliphatic heterocycles. The van der Waals surface area contributed by atoms with Gasteiger partial charge in [-0.1, -0.05) is 12.8 Å². The summed E-state index contributed by atoms with van der Waals surface area (Å²) in [5.74, 6) is 6.49. The van der Waals surface area contributed by atoms with E-state index >= 15 is 0 Å². The summed E-state index contributed by atoms with van der Waals surface area (Å²) in [6, 6.07) is 0.473. The van der Waals surface area contributed by atoms with Gasteiger partial charge < -0.3 is 9.64 Å². The van der Waals surface area contributed by atoms with E-state index in [9.17, 15) is 0 Å². The summed E-state index contributed by atoms with van der Waals surface area (Å²) in [4.78, 5) is 7.01. The Morgan fingerprint density at radius 2 is 1.94 bits per heavy atom. The fourth-order valence-corrected chi connectivity index (χ4v) is 2.89. The molecule has 0 aromatic rings. The third kappa shape index (κ3) is 3.59. The van der Waals surface area contributed by atoms with Gasteiger partial charge in [0.1, 0.15) is 0 Å². The summed E-state index contributed by atoms with van der Waals surface area (Å²) in [6.45, 7) is 4.84. The number of nitrogens with two attached hydrogens (primary N) is 1. The van der Waals surface area contributed by atoms with E-state index in [4.69, 9.17) is 15.6 Å². The Balaban J connectivity index is 1.85. The van der Waals surface area contributed by atoms with Crippen molar-refractivity contribution in [2.45, 2.75) is 57.6 Å². The molecule has 3 N–H and O–H groups in total. The van der Waals surface area contributed by atoms with Crippen LogP contribution in [0.25, 0.3) is 0 Å². The van der Waals surface area contributed by atoms with Gasteiger partial charge in [0.15, 0.2) is 0 Å². The Hall–Kier alpha value is -0.810. The molecule has 1 heterocycles. The minimum absolute atomic E-state index is 0.414. The molecule has 0 aromatic heterocycles. The number of nitrogens with zero attached hydrogens (tertiary/aromatic N) is 2. The summed E-state index contributed by atoms with van der Waals surface area (Å²) >= 11 is 0. The zero-order valence-corrected chi connectivity index (χ0v) is 11.4. The van der Waals surface area contributed by atoms with Crippen molar-refractivity contribution < 1.29 is 4.74 Å². The molecule has 2 rings (SSSR count). The molecule has 0 aromatic carbocycles. The highest BCUT2D eigenvalue weighted by molar-refractivity contribution is 5.79. The van der Waals surface area contributed by atoms with Crippen molar-refractivity contribution in [3.8, 4) is 0 Å². The van der Waals surface area contributed by atoms with Crippen LogP contribution in [0.3, 0.4) is 0 Å². The molecule has 0 spiro atoms. The van der Waals surface area contributed by atoms with Gasteiger partial charge in [-0.3, -0.25) is 5.43 Å². The fraction of sp³-hybridized carbons (Fsp3) is 0.923. The van der Waals surface area contributed by atoms with Gasteiger partial charge in [0, 0.05) is 19.7 Å². The van der Waals surface area contributed by atoms with Crippen LogP contribution in [-0.2, 0) is 4.74 Å². The normalized spacial score (nSPS) is 23.7. The van der Waals surface area contributed by atoms with E-state index < -0.39 is 0 Å². The molecule has 2 fully saturated rings. The number of hydrogen-bond acceptors (Lipinski definition) is 3. The minimum Gasteiger partial charge on any atom is -0.378 e. The molecule has 0 radical (unpaired) electrons. The van der Waals surface area contributed by atoms with Gasteiger partial charge in [-0.05, 0) is 32.6 Å². The summed E-state index contributed by atoms with van der Waals surface area (Å²) in [5, 5.41) is 0. The highest BCUT2D eigenvalue weighted by Crippen LogP contribution is 2.21. The zero-order valence-electron chi connectivity index (χ0n) is 11.4. The highest BCUT2D eigenvalue weighted by Gasteiger charge is 2.23. The number of hydrogen-bond donors (Lipinski definition) is 2. The maximum atomic E-state index is 5.66. The molecule has 1 aliphatic carbocycles. The molecule has 5 heteroatoms. The lowest BCUT2D eigenvalue weighted by atomic mass is 10.1. The van der Waals surface area contributed by atoms with Crippen LogP contribution in [0, 0.1) is 0 Å². The lowest BCUT2D eigenvalue weighted by Crippen LogP contribution is -2.49. The lowest BCUT2D eigenvalue weighted by Gasteiger charge is -2.33. The molecule has 2 aliphatic rings. The van der Waals surface area contributed by atoms with Crippen LogP contribution in [0.1, 0.15) is 45.4 Å². The number of ether oxygens (including phenoxy) is 1. The van der Waals surface area contributed by atoms with Gasteiger partial charge in [0.25, 0.3) is 0 Å². The van der Waals surface area contributed by atoms with Gasteiger partial charge in [0.2, 0.25) is 5.96 Å². The van der Waals surface area contributed by atoms with Crippen molar-refractivity contribution in [2.75, 3.05) is 19.7 Å². The van der Waals surface area contributed by atoms with E-state index in [1.54, 1.807) is 0 Å². The molecule has 1 saturated carbocycles. The van der Waals surface area contributed by atoms with Gasteiger partial charge in [-0.25, -0.2) is 10.8 Å². The standard InChI is InChI=1S/C13H26N4O/c1-2-18-12-7-9-17(10-8-12)13(16-14)15-11-5-3-4-6-11/h11-12H,2-10,14H2,1H3,(H,15,16). The van der Waals surface area contributed by atoms with E-state index in [-0.39, 0.29) is 0 Å². The number of guanidine groups is 1. The van der Waals surface area contributed by atoms with Crippen molar-refractivity contribution in [3.05, 3.63) is 0 Å². The average Bonchev–Trinajstić information content (AvgIpc) is 2.90. The quantitative estimate of drug-likeness (QED) is 0.344. The van der Waals surface area contributed by atoms with E-state index in [0.717, 1.165) is 38.5 Å². The van der Waals surface area contributed by atoms with Gasteiger partial charge in [-0.2, -0.15) is 0 Å². The second-order valence-corrected chi connectivity index (χ2v) is 5.18. The number of aliphatic imine (C=N–C) groups is 1. The number of nitrogens with one attached hydrogen (secondary N) is 1. The zero-order chi connectivity index (χ0) is 12.8. The number of piperidine rings is 1. The number of likely N-dealkylation sites (tertiary alicyclic amines) is 1. The third-order valence-electron chi connectivity index (χ3n) is 3.90. The fourth-order valence-electron chi connectivity index (χ4n) is 2.89. The smallest absolute Gasteiger partial charge is 0.208 e. The third-order valence-corrected chi connectivity index (χ3v) is 3.90. The topological polar surface area (TPSA) is 62.9 Å². The van der Waals surface area contributed by atoms with Crippen molar-refractivity contribution in [1.29, 1.82) is 0 Å². The molecule has 0 amide bonds. The van der Waals surface area contributed by atoms with Gasteiger partial charge in [-0.15, -0.1) is 0 Å². The van der Waals surface area contributed by atoms with Crippen molar-refractivity contribution in [2.24, 2.45) is 10.8 Å². The van der Waals surface area contributed by atoms with Crippen LogP contribution in [-0.4, -0.2) is 42.7 Å². The minimum atomic E-state index is 0.414. The predicted molar refractivity (Wildman–Crippen MR) is 73.2 cm³/mol. The predicted octanol–water partition coefficient (Wildman–Crippen LogP) is 1.25. The van der Waals surface area contributed by atoms with Gasteiger partial charge >= 0.3 is 0 Å². The van der Waals surface area contributed by atoms with Crippen molar-refractivity contribution in [1.82, 2.24) is 10.3 Å². The Bertz CT molecular complexity index is 268. The Kier molecular flexibility index (Phi) is 5.26. The maximum absolute atomic E-state index is 5.66. The molecule has 18 heavy (non-hydrogen) atoms. The van der Waals surface area contributed by atoms with E-state index in [0.29, 0.717) is 12.1 Å². The van der Waals surface area contributed by atoms with Crippen LogP contribution >= 0.6 is 0 Å². The summed E-state index contributed by atoms with van der Waals surface area (Å²) in [7, 11) is 0. The maximum Gasteiger partial charge on any atom is 0.208 e. The molecule has 0 atom stereocenters. The van der Waals surface area contributed by atoms with E-state index in [2.05, 4.69) is 17.2 Å². The van der Waals surface area contributed by atoms with Crippen molar-refractivity contribution >= 4 is 5.96 Å². The first-order valence-corrected chi connectivity index (χ1v) is 7.24. The Morgan fingerprint density at radius 1 is 1.28 bits per heavy atom. The monoisotopic (exact) mass is 254 g/mol. The number of hydrazine groups is 1. The number of rotatable bonds is 3.